The Morgan fingerprint density at radius 2 is 2.19 bits per heavy atom. The summed E-state index contributed by atoms with van der Waals surface area (Å²) in [6, 6.07) is 8.68. The maximum Gasteiger partial charge on any atom is 0.101 e. The van der Waals surface area contributed by atoms with E-state index in [4.69, 9.17) is 5.26 Å². The number of para-hydroxylation sites is 1. The Hall–Kier alpha value is -1.49. The predicted octanol–water partition coefficient (Wildman–Crippen LogP) is 3.47. The van der Waals surface area contributed by atoms with Gasteiger partial charge in [-0.15, -0.1) is 0 Å². The Bertz CT molecular complexity index is 417. The maximum atomic E-state index is 9.09. The lowest BCUT2D eigenvalue weighted by Gasteiger charge is -2.21. The van der Waals surface area contributed by atoms with Gasteiger partial charge in [0.25, 0.3) is 0 Å². The normalized spacial score (nSPS) is 24.1. The molecule has 84 valence electrons. The van der Waals surface area contributed by atoms with Gasteiger partial charge >= 0.3 is 0 Å². The van der Waals surface area contributed by atoms with Crippen LogP contribution in [-0.4, -0.2) is 6.04 Å². The monoisotopic (exact) mass is 214 g/mol. The molecule has 0 aromatic heterocycles. The first-order chi connectivity index (χ1) is 7.72. The Morgan fingerprint density at radius 3 is 2.81 bits per heavy atom. The number of aryl methyl sites for hydroxylation is 1. The predicted molar refractivity (Wildman–Crippen MR) is 66.3 cm³/mol. The summed E-state index contributed by atoms with van der Waals surface area (Å²) in [5.41, 5.74) is 2.96. The minimum atomic E-state index is 0.535. The van der Waals surface area contributed by atoms with E-state index in [9.17, 15) is 0 Å². The fraction of sp³-hybridized carbons (Fsp3) is 0.500. The van der Waals surface area contributed by atoms with Crippen molar-refractivity contribution < 1.29 is 0 Å². The minimum Gasteiger partial charge on any atom is -0.381 e. The highest BCUT2D eigenvalue weighted by Crippen LogP contribution is 2.30. The van der Waals surface area contributed by atoms with Crippen molar-refractivity contribution in [2.24, 2.45) is 5.92 Å². The Kier molecular flexibility index (Phi) is 3.14. The molecule has 2 rings (SSSR count). The highest BCUT2D eigenvalue weighted by Gasteiger charge is 2.24. The van der Waals surface area contributed by atoms with Crippen LogP contribution >= 0.6 is 0 Å². The van der Waals surface area contributed by atoms with Gasteiger partial charge in [0.15, 0.2) is 0 Å². The van der Waals surface area contributed by atoms with Gasteiger partial charge in [0.2, 0.25) is 0 Å². The molecule has 0 heterocycles. The molecule has 2 nitrogen and oxygen atoms in total. The van der Waals surface area contributed by atoms with Crippen molar-refractivity contribution in [2.45, 2.75) is 39.2 Å². The van der Waals surface area contributed by atoms with Crippen LogP contribution in [0.25, 0.3) is 0 Å². The van der Waals surface area contributed by atoms with Crippen LogP contribution in [0.2, 0.25) is 0 Å². The molecule has 0 amide bonds. The zero-order valence-electron chi connectivity index (χ0n) is 9.96. The highest BCUT2D eigenvalue weighted by atomic mass is 14.9. The van der Waals surface area contributed by atoms with Crippen LogP contribution in [0.1, 0.15) is 37.3 Å². The van der Waals surface area contributed by atoms with Crippen molar-refractivity contribution in [1.29, 1.82) is 5.26 Å². The summed E-state index contributed by atoms with van der Waals surface area (Å²) in [4.78, 5) is 0. The summed E-state index contributed by atoms with van der Waals surface area (Å²) in [5.74, 6) is 0.714. The van der Waals surface area contributed by atoms with E-state index in [-0.39, 0.29) is 0 Å². The average Bonchev–Trinajstić information content (AvgIpc) is 2.67. The quantitative estimate of drug-likeness (QED) is 0.818. The van der Waals surface area contributed by atoms with Crippen molar-refractivity contribution in [2.75, 3.05) is 5.32 Å². The van der Waals surface area contributed by atoms with Crippen molar-refractivity contribution in [3.63, 3.8) is 0 Å². The number of benzene rings is 1. The third kappa shape index (κ3) is 2.04. The van der Waals surface area contributed by atoms with Gasteiger partial charge in [-0.3, -0.25) is 0 Å². The summed E-state index contributed by atoms with van der Waals surface area (Å²) in [6.07, 6.45) is 3.82. The average molecular weight is 214 g/mol. The van der Waals surface area contributed by atoms with Crippen LogP contribution in [0.5, 0.6) is 0 Å². The van der Waals surface area contributed by atoms with Gasteiger partial charge in [-0.25, -0.2) is 0 Å². The third-order valence-corrected chi connectivity index (χ3v) is 3.58. The molecule has 1 aliphatic rings. The molecule has 1 fully saturated rings. The molecule has 1 aromatic carbocycles. The fourth-order valence-corrected chi connectivity index (χ4v) is 2.50. The van der Waals surface area contributed by atoms with Gasteiger partial charge in [0.1, 0.15) is 6.07 Å². The van der Waals surface area contributed by atoms with Crippen LogP contribution in [0, 0.1) is 24.2 Å². The molecule has 0 spiro atoms. The van der Waals surface area contributed by atoms with Crippen molar-refractivity contribution in [3.05, 3.63) is 29.3 Å². The Morgan fingerprint density at radius 1 is 1.38 bits per heavy atom. The van der Waals surface area contributed by atoms with Crippen LogP contribution in [0.3, 0.4) is 0 Å². The summed E-state index contributed by atoms with van der Waals surface area (Å²) in [6.45, 7) is 4.35. The topological polar surface area (TPSA) is 35.8 Å². The van der Waals surface area contributed by atoms with E-state index in [1.54, 1.807) is 0 Å². The molecular weight excluding hydrogens is 196 g/mol. The maximum absolute atomic E-state index is 9.09. The summed E-state index contributed by atoms with van der Waals surface area (Å²) < 4.78 is 0. The first-order valence-electron chi connectivity index (χ1n) is 5.98. The number of nitrogens with zero attached hydrogens (tertiary/aromatic N) is 1. The van der Waals surface area contributed by atoms with E-state index in [2.05, 4.69) is 31.3 Å². The number of nitrogens with one attached hydrogen (secondary N) is 1. The van der Waals surface area contributed by atoms with Crippen LogP contribution < -0.4 is 5.32 Å². The van der Waals surface area contributed by atoms with Gasteiger partial charge in [-0.1, -0.05) is 25.5 Å². The first-order valence-corrected chi connectivity index (χ1v) is 5.98. The van der Waals surface area contributed by atoms with Crippen LogP contribution in [0.4, 0.5) is 5.69 Å². The van der Waals surface area contributed by atoms with Gasteiger partial charge in [-0.05, 0) is 37.3 Å². The lowest BCUT2D eigenvalue weighted by molar-refractivity contribution is 0.556. The van der Waals surface area contributed by atoms with E-state index < -0.39 is 0 Å². The van der Waals surface area contributed by atoms with Gasteiger partial charge < -0.3 is 5.32 Å². The van der Waals surface area contributed by atoms with E-state index in [1.165, 1.54) is 19.3 Å². The molecule has 2 heteroatoms. The van der Waals surface area contributed by atoms with E-state index in [0.29, 0.717) is 12.0 Å². The smallest absolute Gasteiger partial charge is 0.101 e. The fourth-order valence-electron chi connectivity index (χ4n) is 2.50. The van der Waals surface area contributed by atoms with Crippen molar-refractivity contribution in [1.82, 2.24) is 0 Å². The number of nitriles is 1. The van der Waals surface area contributed by atoms with Gasteiger partial charge in [-0.2, -0.15) is 5.26 Å². The number of hydrogen-bond donors (Lipinski definition) is 1. The molecular formula is C14H18N2. The van der Waals surface area contributed by atoms with Crippen molar-refractivity contribution >= 4 is 5.69 Å². The van der Waals surface area contributed by atoms with E-state index in [0.717, 1.165) is 16.8 Å². The molecule has 16 heavy (non-hydrogen) atoms. The molecule has 2 atom stereocenters. The second kappa shape index (κ2) is 4.57. The summed E-state index contributed by atoms with van der Waals surface area (Å²) in [7, 11) is 0. The second-order valence-electron chi connectivity index (χ2n) is 4.77. The molecule has 1 N–H and O–H groups in total. The Labute approximate surface area is 97.3 Å². The third-order valence-electron chi connectivity index (χ3n) is 3.58. The molecule has 0 saturated heterocycles. The van der Waals surface area contributed by atoms with E-state index >= 15 is 0 Å². The van der Waals surface area contributed by atoms with E-state index in [1.807, 2.05) is 12.1 Å². The lowest BCUT2D eigenvalue weighted by atomic mass is 10.0. The first kappa shape index (κ1) is 11.0. The SMILES string of the molecule is Cc1cccc(C#N)c1NC1CCCC1C. The molecule has 0 radical (unpaired) electrons. The number of anilines is 1. The van der Waals surface area contributed by atoms with Crippen LogP contribution in [-0.2, 0) is 0 Å². The summed E-state index contributed by atoms with van der Waals surface area (Å²) >= 11 is 0. The van der Waals surface area contributed by atoms with Gasteiger partial charge in [0, 0.05) is 6.04 Å². The molecule has 0 aliphatic heterocycles. The molecule has 1 saturated carbocycles. The van der Waals surface area contributed by atoms with Gasteiger partial charge in [0.05, 0.1) is 11.3 Å². The highest BCUT2D eigenvalue weighted by molar-refractivity contribution is 5.62. The minimum absolute atomic E-state index is 0.535. The zero-order valence-corrected chi connectivity index (χ0v) is 9.96. The summed E-state index contributed by atoms with van der Waals surface area (Å²) in [5, 5.41) is 12.6. The zero-order chi connectivity index (χ0) is 11.5. The lowest BCUT2D eigenvalue weighted by Crippen LogP contribution is -2.22. The number of rotatable bonds is 2. The molecule has 0 bridgehead atoms. The van der Waals surface area contributed by atoms with Crippen molar-refractivity contribution in [3.8, 4) is 6.07 Å². The molecule has 1 aliphatic carbocycles. The number of hydrogen-bond acceptors (Lipinski definition) is 2. The molecule has 1 aromatic rings. The van der Waals surface area contributed by atoms with Crippen LogP contribution in [0.15, 0.2) is 18.2 Å². The largest absolute Gasteiger partial charge is 0.381 e. The standard InChI is InChI=1S/C14H18N2/c1-10-5-4-8-13(10)16-14-11(2)6-3-7-12(14)9-15/h3,6-7,10,13,16H,4-5,8H2,1-2H3. The second-order valence-corrected chi connectivity index (χ2v) is 4.77. The molecule has 2 unspecified atom stereocenters. The Balaban J connectivity index is 2.24.